The van der Waals surface area contributed by atoms with Crippen molar-refractivity contribution in [1.82, 2.24) is 10.8 Å². The summed E-state index contributed by atoms with van der Waals surface area (Å²) in [6.07, 6.45) is 6.97. The fraction of sp³-hybridized carbons (Fsp3) is 0.917. The van der Waals surface area contributed by atoms with E-state index in [4.69, 9.17) is 4.84 Å². The molecule has 0 aromatic rings. The normalized spacial score (nSPS) is 16.9. The van der Waals surface area contributed by atoms with Crippen molar-refractivity contribution in [1.29, 1.82) is 0 Å². The van der Waals surface area contributed by atoms with Crippen LogP contribution in [0.25, 0.3) is 0 Å². The Labute approximate surface area is 98.1 Å². The third-order valence-corrected chi connectivity index (χ3v) is 3.14. The average molecular weight is 228 g/mol. The molecule has 2 N–H and O–H groups in total. The van der Waals surface area contributed by atoms with Crippen molar-refractivity contribution >= 4 is 5.91 Å². The molecule has 1 aliphatic carbocycles. The van der Waals surface area contributed by atoms with Crippen molar-refractivity contribution in [3.63, 3.8) is 0 Å². The molecule has 4 heteroatoms. The zero-order chi connectivity index (χ0) is 11.8. The highest BCUT2D eigenvalue weighted by Gasteiger charge is 2.16. The molecule has 0 aromatic heterocycles. The van der Waals surface area contributed by atoms with E-state index >= 15 is 0 Å². The Hall–Kier alpha value is -0.610. The van der Waals surface area contributed by atoms with Gasteiger partial charge in [-0.05, 0) is 25.7 Å². The van der Waals surface area contributed by atoms with Crippen LogP contribution in [0.1, 0.15) is 52.4 Å². The maximum Gasteiger partial charge on any atom is 0.236 e. The Bertz CT molecular complexity index is 199. The minimum absolute atomic E-state index is 0.0201. The van der Waals surface area contributed by atoms with Crippen LogP contribution in [-0.2, 0) is 9.63 Å². The number of hydroxylamine groups is 1. The van der Waals surface area contributed by atoms with Gasteiger partial charge in [0.2, 0.25) is 5.91 Å². The van der Waals surface area contributed by atoms with Crippen molar-refractivity contribution in [3.8, 4) is 0 Å². The molecule has 1 rings (SSSR count). The second-order valence-corrected chi connectivity index (χ2v) is 4.43. The molecular formula is C12H24N2O2. The van der Waals surface area contributed by atoms with Crippen molar-refractivity contribution in [2.75, 3.05) is 6.54 Å². The molecule has 4 nitrogen and oxygen atoms in total. The van der Waals surface area contributed by atoms with Gasteiger partial charge in [0.25, 0.3) is 0 Å². The maximum atomic E-state index is 11.5. The Kier molecular flexibility index (Phi) is 6.42. The molecular weight excluding hydrogens is 204 g/mol. The summed E-state index contributed by atoms with van der Waals surface area (Å²) in [4.78, 5) is 16.9. The van der Waals surface area contributed by atoms with Crippen LogP contribution < -0.4 is 10.8 Å². The van der Waals surface area contributed by atoms with E-state index in [0.717, 1.165) is 25.7 Å². The van der Waals surface area contributed by atoms with Gasteiger partial charge in [0.1, 0.15) is 0 Å². The quantitative estimate of drug-likeness (QED) is 0.653. The first-order chi connectivity index (χ1) is 7.76. The molecule has 0 heterocycles. The Morgan fingerprint density at radius 2 is 1.94 bits per heavy atom. The highest BCUT2D eigenvalue weighted by atomic mass is 16.7. The van der Waals surface area contributed by atoms with E-state index in [1.807, 2.05) is 0 Å². The molecule has 16 heavy (non-hydrogen) atoms. The number of rotatable bonds is 7. The van der Waals surface area contributed by atoms with Crippen LogP contribution in [0.4, 0.5) is 0 Å². The van der Waals surface area contributed by atoms with Crippen LogP contribution in [0, 0.1) is 0 Å². The van der Waals surface area contributed by atoms with Crippen molar-refractivity contribution < 1.29 is 9.63 Å². The molecule has 0 radical (unpaired) electrons. The van der Waals surface area contributed by atoms with Gasteiger partial charge in [-0.3, -0.25) is 9.63 Å². The number of carbonyl (C=O) groups is 1. The van der Waals surface area contributed by atoms with E-state index in [1.165, 1.54) is 12.8 Å². The monoisotopic (exact) mass is 228 g/mol. The lowest BCUT2D eigenvalue weighted by Crippen LogP contribution is -2.40. The van der Waals surface area contributed by atoms with Crippen molar-refractivity contribution in [2.24, 2.45) is 0 Å². The lowest BCUT2D eigenvalue weighted by atomic mass is 10.2. The summed E-state index contributed by atoms with van der Waals surface area (Å²) >= 11 is 0. The molecule has 0 saturated heterocycles. The number of carbonyl (C=O) groups excluding carboxylic acids is 1. The predicted molar refractivity (Wildman–Crippen MR) is 63.9 cm³/mol. The largest absolute Gasteiger partial charge is 0.352 e. The van der Waals surface area contributed by atoms with Gasteiger partial charge in [-0.2, -0.15) is 5.48 Å². The Morgan fingerprint density at radius 1 is 1.31 bits per heavy atom. The molecule has 1 saturated carbocycles. The number of amides is 1. The molecule has 1 fully saturated rings. The molecule has 0 bridgehead atoms. The SMILES string of the molecule is CCC(CC)NC(=O)CNOC1CCCC1. The summed E-state index contributed by atoms with van der Waals surface area (Å²) in [7, 11) is 0. The first kappa shape index (κ1) is 13.5. The van der Waals surface area contributed by atoms with Crippen molar-refractivity contribution in [2.45, 2.75) is 64.5 Å². The molecule has 1 aliphatic rings. The first-order valence-corrected chi connectivity index (χ1v) is 6.44. The molecule has 94 valence electrons. The zero-order valence-electron chi connectivity index (χ0n) is 10.4. The fourth-order valence-corrected chi connectivity index (χ4v) is 2.00. The standard InChI is InChI=1S/C12H24N2O2/c1-3-10(4-2)14-12(15)9-13-16-11-7-5-6-8-11/h10-11,13H,3-9H2,1-2H3,(H,14,15). The van der Waals surface area contributed by atoms with Crippen LogP contribution in [0.5, 0.6) is 0 Å². The summed E-state index contributed by atoms with van der Waals surface area (Å²) in [5.74, 6) is 0.0201. The molecule has 0 aliphatic heterocycles. The summed E-state index contributed by atoms with van der Waals surface area (Å²) in [5.41, 5.74) is 2.77. The van der Waals surface area contributed by atoms with Gasteiger partial charge in [-0.1, -0.05) is 26.7 Å². The van der Waals surface area contributed by atoms with Crippen LogP contribution >= 0.6 is 0 Å². The summed E-state index contributed by atoms with van der Waals surface area (Å²) in [6, 6.07) is 0.292. The number of nitrogens with one attached hydrogen (secondary N) is 2. The molecule has 1 amide bonds. The predicted octanol–water partition coefficient (Wildman–Crippen LogP) is 1.75. The van der Waals surface area contributed by atoms with E-state index in [1.54, 1.807) is 0 Å². The van der Waals surface area contributed by atoms with E-state index in [2.05, 4.69) is 24.6 Å². The van der Waals surface area contributed by atoms with Gasteiger partial charge in [-0.15, -0.1) is 0 Å². The zero-order valence-corrected chi connectivity index (χ0v) is 10.4. The highest BCUT2D eigenvalue weighted by molar-refractivity contribution is 5.78. The number of hydrogen-bond acceptors (Lipinski definition) is 3. The van der Waals surface area contributed by atoms with Gasteiger partial charge in [0.15, 0.2) is 0 Å². The molecule has 0 unspecified atom stereocenters. The van der Waals surface area contributed by atoms with Crippen LogP contribution in [0.3, 0.4) is 0 Å². The number of hydrogen-bond donors (Lipinski definition) is 2. The third kappa shape index (κ3) is 4.94. The second-order valence-electron chi connectivity index (χ2n) is 4.43. The maximum absolute atomic E-state index is 11.5. The van der Waals surface area contributed by atoms with Crippen LogP contribution in [0.15, 0.2) is 0 Å². The summed E-state index contributed by atoms with van der Waals surface area (Å²) in [5, 5.41) is 2.96. The molecule has 0 aromatic carbocycles. The average Bonchev–Trinajstić information content (AvgIpc) is 2.79. The van der Waals surface area contributed by atoms with E-state index in [-0.39, 0.29) is 12.5 Å². The fourth-order valence-electron chi connectivity index (χ4n) is 2.00. The third-order valence-electron chi connectivity index (χ3n) is 3.14. The van der Waals surface area contributed by atoms with Gasteiger partial charge in [-0.25, -0.2) is 0 Å². The summed E-state index contributed by atoms with van der Waals surface area (Å²) in [6.45, 7) is 4.42. The van der Waals surface area contributed by atoms with Gasteiger partial charge >= 0.3 is 0 Å². The van der Waals surface area contributed by atoms with Gasteiger partial charge in [0, 0.05) is 6.04 Å². The Balaban J connectivity index is 2.05. The lowest BCUT2D eigenvalue weighted by Gasteiger charge is -2.16. The van der Waals surface area contributed by atoms with Gasteiger partial charge < -0.3 is 5.32 Å². The summed E-state index contributed by atoms with van der Waals surface area (Å²) < 4.78 is 0. The minimum atomic E-state index is 0.0201. The van der Waals surface area contributed by atoms with E-state index in [0.29, 0.717) is 12.1 Å². The smallest absolute Gasteiger partial charge is 0.236 e. The topological polar surface area (TPSA) is 50.4 Å². The van der Waals surface area contributed by atoms with Gasteiger partial charge in [0.05, 0.1) is 12.6 Å². The molecule has 0 spiro atoms. The van der Waals surface area contributed by atoms with E-state index < -0.39 is 0 Å². The Morgan fingerprint density at radius 3 is 2.50 bits per heavy atom. The lowest BCUT2D eigenvalue weighted by molar-refractivity contribution is -0.124. The van der Waals surface area contributed by atoms with Crippen molar-refractivity contribution in [3.05, 3.63) is 0 Å². The highest BCUT2D eigenvalue weighted by Crippen LogP contribution is 2.19. The minimum Gasteiger partial charge on any atom is -0.352 e. The van der Waals surface area contributed by atoms with E-state index in [9.17, 15) is 4.79 Å². The van der Waals surface area contributed by atoms with Crippen LogP contribution in [-0.4, -0.2) is 24.6 Å². The second kappa shape index (κ2) is 7.63. The first-order valence-electron chi connectivity index (χ1n) is 6.44. The molecule has 0 atom stereocenters. The van der Waals surface area contributed by atoms with Crippen LogP contribution in [0.2, 0.25) is 0 Å².